The van der Waals surface area contributed by atoms with Gasteiger partial charge in [-0.15, -0.1) is 0 Å². The summed E-state index contributed by atoms with van der Waals surface area (Å²) in [6.45, 7) is 2.66. The van der Waals surface area contributed by atoms with Crippen molar-refractivity contribution in [1.82, 2.24) is 4.98 Å². The summed E-state index contributed by atoms with van der Waals surface area (Å²) in [5, 5.41) is 8.70. The number of nitrogen functional groups attached to an aromatic ring is 1. The number of unbranched alkanes of at least 4 members (excludes halogenated alkanes) is 1. The van der Waals surface area contributed by atoms with Gasteiger partial charge >= 0.3 is 0 Å². The van der Waals surface area contributed by atoms with Crippen molar-refractivity contribution < 1.29 is 4.74 Å². The summed E-state index contributed by atoms with van der Waals surface area (Å²) in [6, 6.07) is 3.55. The Kier molecular flexibility index (Phi) is 3.74. The first-order chi connectivity index (χ1) is 6.79. The molecule has 74 valence electrons. The highest BCUT2D eigenvalue weighted by atomic mass is 16.5. The number of nitrogens with zero attached hydrogens (tertiary/aromatic N) is 2. The van der Waals surface area contributed by atoms with Crippen LogP contribution < -0.4 is 10.5 Å². The number of anilines is 1. The second kappa shape index (κ2) is 5.07. The fourth-order valence-electron chi connectivity index (χ4n) is 0.980. The number of aromatic nitrogens is 1. The molecular weight excluding hydrogens is 178 g/mol. The highest BCUT2D eigenvalue weighted by Crippen LogP contribution is 2.21. The van der Waals surface area contributed by atoms with Crippen LogP contribution in [-0.2, 0) is 0 Å². The average molecular weight is 191 g/mol. The SMILES string of the molecule is CCCCOc1nccc(C#N)c1N. The first kappa shape index (κ1) is 10.3. The molecular formula is C10H13N3O. The molecule has 0 aromatic carbocycles. The summed E-state index contributed by atoms with van der Waals surface area (Å²) in [4.78, 5) is 3.96. The van der Waals surface area contributed by atoms with Gasteiger partial charge in [0.1, 0.15) is 11.8 Å². The molecule has 0 aliphatic rings. The third-order valence-corrected chi connectivity index (χ3v) is 1.81. The van der Waals surface area contributed by atoms with Crippen molar-refractivity contribution in [3.8, 4) is 11.9 Å². The fraction of sp³-hybridized carbons (Fsp3) is 0.400. The standard InChI is InChI=1S/C10H13N3O/c1-2-3-6-14-10-9(12)8(7-11)4-5-13-10/h4-5H,2-3,6,12H2,1H3. The monoisotopic (exact) mass is 191 g/mol. The minimum Gasteiger partial charge on any atom is -0.476 e. The minimum atomic E-state index is 0.325. The molecule has 0 saturated heterocycles. The van der Waals surface area contributed by atoms with E-state index in [-0.39, 0.29) is 0 Å². The van der Waals surface area contributed by atoms with E-state index in [1.165, 1.54) is 6.20 Å². The molecule has 14 heavy (non-hydrogen) atoms. The molecule has 1 heterocycles. The third kappa shape index (κ3) is 2.36. The lowest BCUT2D eigenvalue weighted by atomic mass is 10.2. The molecule has 0 unspecified atom stereocenters. The van der Waals surface area contributed by atoms with E-state index < -0.39 is 0 Å². The minimum absolute atomic E-state index is 0.325. The zero-order chi connectivity index (χ0) is 10.4. The van der Waals surface area contributed by atoms with Crippen LogP contribution >= 0.6 is 0 Å². The lowest BCUT2D eigenvalue weighted by Crippen LogP contribution is -2.03. The molecule has 0 aliphatic carbocycles. The van der Waals surface area contributed by atoms with E-state index in [1.807, 2.05) is 6.07 Å². The van der Waals surface area contributed by atoms with Gasteiger partial charge in [-0.2, -0.15) is 5.26 Å². The lowest BCUT2D eigenvalue weighted by Gasteiger charge is -2.07. The highest BCUT2D eigenvalue weighted by molar-refractivity contribution is 5.59. The number of ether oxygens (including phenoxy) is 1. The normalized spacial score (nSPS) is 9.43. The van der Waals surface area contributed by atoms with Crippen LogP contribution in [0.3, 0.4) is 0 Å². The molecule has 0 fully saturated rings. The van der Waals surface area contributed by atoms with E-state index >= 15 is 0 Å². The number of hydrogen-bond donors (Lipinski definition) is 1. The Labute approximate surface area is 83.3 Å². The van der Waals surface area contributed by atoms with Crippen molar-refractivity contribution in [3.05, 3.63) is 17.8 Å². The Morgan fingerprint density at radius 1 is 1.64 bits per heavy atom. The van der Waals surface area contributed by atoms with Gasteiger partial charge in [-0.1, -0.05) is 13.3 Å². The molecule has 0 spiro atoms. The van der Waals surface area contributed by atoms with Gasteiger partial charge in [-0.3, -0.25) is 0 Å². The van der Waals surface area contributed by atoms with Crippen LogP contribution in [0.1, 0.15) is 25.3 Å². The first-order valence-electron chi connectivity index (χ1n) is 4.57. The van der Waals surface area contributed by atoms with Crippen LogP contribution in [0.15, 0.2) is 12.3 Å². The Bertz CT molecular complexity index is 344. The van der Waals surface area contributed by atoms with Crippen LogP contribution in [0.4, 0.5) is 5.69 Å². The van der Waals surface area contributed by atoms with Gasteiger partial charge in [-0.05, 0) is 12.5 Å². The molecule has 2 N–H and O–H groups in total. The van der Waals surface area contributed by atoms with Crippen molar-refractivity contribution in [3.63, 3.8) is 0 Å². The second-order valence-electron chi connectivity index (χ2n) is 2.89. The van der Waals surface area contributed by atoms with E-state index in [0.717, 1.165) is 12.8 Å². The Morgan fingerprint density at radius 3 is 3.07 bits per heavy atom. The summed E-state index contributed by atoms with van der Waals surface area (Å²) in [7, 11) is 0. The molecule has 0 atom stereocenters. The Hall–Kier alpha value is -1.76. The van der Waals surface area contributed by atoms with Crippen LogP contribution in [0.25, 0.3) is 0 Å². The maximum Gasteiger partial charge on any atom is 0.238 e. The Morgan fingerprint density at radius 2 is 2.43 bits per heavy atom. The molecule has 0 amide bonds. The van der Waals surface area contributed by atoms with Gasteiger partial charge in [-0.25, -0.2) is 4.98 Å². The molecule has 0 aliphatic heterocycles. The number of rotatable bonds is 4. The summed E-state index contributed by atoms with van der Waals surface area (Å²) in [5.41, 5.74) is 6.40. The van der Waals surface area contributed by atoms with Gasteiger partial charge in [0, 0.05) is 6.20 Å². The molecule has 0 saturated carbocycles. The average Bonchev–Trinajstić information content (AvgIpc) is 2.21. The third-order valence-electron chi connectivity index (χ3n) is 1.81. The molecule has 4 nitrogen and oxygen atoms in total. The predicted molar refractivity (Wildman–Crippen MR) is 53.8 cm³/mol. The van der Waals surface area contributed by atoms with Crippen LogP contribution in [0.5, 0.6) is 5.88 Å². The van der Waals surface area contributed by atoms with Crippen molar-refractivity contribution >= 4 is 5.69 Å². The molecule has 1 rings (SSSR count). The summed E-state index contributed by atoms with van der Waals surface area (Å²) in [6.07, 6.45) is 3.53. The molecule has 1 aromatic heterocycles. The van der Waals surface area contributed by atoms with E-state index in [9.17, 15) is 0 Å². The summed E-state index contributed by atoms with van der Waals surface area (Å²) >= 11 is 0. The quantitative estimate of drug-likeness (QED) is 0.735. The van der Waals surface area contributed by atoms with E-state index in [1.54, 1.807) is 6.07 Å². The molecule has 4 heteroatoms. The highest BCUT2D eigenvalue weighted by Gasteiger charge is 2.06. The van der Waals surface area contributed by atoms with Crippen molar-refractivity contribution in [2.45, 2.75) is 19.8 Å². The summed E-state index contributed by atoms with van der Waals surface area (Å²) < 4.78 is 5.33. The first-order valence-corrected chi connectivity index (χ1v) is 4.57. The van der Waals surface area contributed by atoms with E-state index in [4.69, 9.17) is 15.7 Å². The number of nitriles is 1. The van der Waals surface area contributed by atoms with Gasteiger partial charge in [0.15, 0.2) is 0 Å². The number of nitrogens with two attached hydrogens (primary N) is 1. The van der Waals surface area contributed by atoms with Crippen LogP contribution in [0, 0.1) is 11.3 Å². The molecule has 1 aromatic rings. The van der Waals surface area contributed by atoms with Gasteiger partial charge in [0.25, 0.3) is 0 Å². The maximum atomic E-state index is 8.70. The van der Waals surface area contributed by atoms with Crippen molar-refractivity contribution in [2.24, 2.45) is 0 Å². The van der Waals surface area contributed by atoms with Gasteiger partial charge in [0.2, 0.25) is 5.88 Å². The number of hydrogen-bond acceptors (Lipinski definition) is 4. The predicted octanol–water partition coefficient (Wildman–Crippen LogP) is 1.71. The van der Waals surface area contributed by atoms with Crippen LogP contribution in [0.2, 0.25) is 0 Å². The Balaban J connectivity index is 2.73. The van der Waals surface area contributed by atoms with Gasteiger partial charge < -0.3 is 10.5 Å². The van der Waals surface area contributed by atoms with Crippen molar-refractivity contribution in [2.75, 3.05) is 12.3 Å². The number of pyridine rings is 1. The topological polar surface area (TPSA) is 71.9 Å². The van der Waals surface area contributed by atoms with Gasteiger partial charge in [0.05, 0.1) is 12.2 Å². The summed E-state index contributed by atoms with van der Waals surface area (Å²) in [5.74, 6) is 0.359. The fourth-order valence-corrected chi connectivity index (χ4v) is 0.980. The second-order valence-corrected chi connectivity index (χ2v) is 2.89. The van der Waals surface area contributed by atoms with Crippen molar-refractivity contribution in [1.29, 1.82) is 5.26 Å². The zero-order valence-electron chi connectivity index (χ0n) is 8.16. The zero-order valence-corrected chi connectivity index (χ0v) is 8.16. The lowest BCUT2D eigenvalue weighted by molar-refractivity contribution is 0.299. The molecule has 0 radical (unpaired) electrons. The maximum absolute atomic E-state index is 8.70. The van der Waals surface area contributed by atoms with E-state index in [2.05, 4.69) is 11.9 Å². The van der Waals surface area contributed by atoms with Crippen LogP contribution in [-0.4, -0.2) is 11.6 Å². The largest absolute Gasteiger partial charge is 0.476 e. The smallest absolute Gasteiger partial charge is 0.238 e. The van der Waals surface area contributed by atoms with E-state index in [0.29, 0.717) is 23.7 Å². The molecule has 0 bridgehead atoms.